The fourth-order valence-corrected chi connectivity index (χ4v) is 4.96. The molecule has 0 unspecified atom stereocenters. The number of hydrogen-bond donors (Lipinski definition) is 0. The highest BCUT2D eigenvalue weighted by Crippen LogP contribution is 2.44. The zero-order valence-electron chi connectivity index (χ0n) is 18.5. The van der Waals surface area contributed by atoms with Crippen LogP contribution in [0.15, 0.2) is 48.5 Å². The molecule has 0 aliphatic carbocycles. The van der Waals surface area contributed by atoms with Gasteiger partial charge in [0.1, 0.15) is 12.4 Å². The van der Waals surface area contributed by atoms with Gasteiger partial charge in [-0.05, 0) is 55.6 Å². The third-order valence-corrected chi connectivity index (χ3v) is 6.24. The molecular weight excluding hydrogens is 435 g/mol. The van der Waals surface area contributed by atoms with E-state index in [0.29, 0.717) is 25.2 Å². The Morgan fingerprint density at radius 1 is 0.903 bits per heavy atom. The van der Waals surface area contributed by atoms with E-state index < -0.39 is 0 Å². The summed E-state index contributed by atoms with van der Waals surface area (Å²) >= 11 is 0. The Bertz CT molecular complexity index is 806. The van der Waals surface area contributed by atoms with Gasteiger partial charge in [0.05, 0.1) is 13.7 Å². The highest BCUT2D eigenvalue weighted by Gasteiger charge is 2.45. The number of rotatable bonds is 8. The molecule has 0 amide bonds. The number of ether oxygens (including phenoxy) is 3. The Morgan fingerprint density at radius 3 is 2.23 bits per heavy atom. The van der Waals surface area contributed by atoms with Gasteiger partial charge in [0.2, 0.25) is 0 Å². The van der Waals surface area contributed by atoms with E-state index in [1.54, 1.807) is 7.11 Å². The van der Waals surface area contributed by atoms with Crippen LogP contribution in [0.2, 0.25) is 0 Å². The first-order chi connectivity index (χ1) is 14.2. The van der Waals surface area contributed by atoms with Gasteiger partial charge in [-0.25, -0.2) is 0 Å². The Kier molecular flexibility index (Phi) is 9.76. The Balaban J connectivity index is 0.00000171. The summed E-state index contributed by atoms with van der Waals surface area (Å²) in [5, 5.41) is 0. The van der Waals surface area contributed by atoms with Crippen molar-refractivity contribution in [2.24, 2.45) is 11.8 Å². The van der Waals surface area contributed by atoms with Crippen LogP contribution in [0.3, 0.4) is 0 Å². The van der Waals surface area contributed by atoms with Gasteiger partial charge in [0, 0.05) is 32.2 Å². The molecule has 0 spiro atoms. The lowest BCUT2D eigenvalue weighted by atomic mass is 9.89. The molecule has 0 aromatic heterocycles. The van der Waals surface area contributed by atoms with Crippen molar-refractivity contribution in [1.82, 2.24) is 9.80 Å². The van der Waals surface area contributed by atoms with Crippen LogP contribution in [0.25, 0.3) is 0 Å². The van der Waals surface area contributed by atoms with Crippen LogP contribution >= 0.6 is 24.8 Å². The van der Waals surface area contributed by atoms with Gasteiger partial charge in [0.25, 0.3) is 0 Å². The fourth-order valence-electron chi connectivity index (χ4n) is 4.96. The maximum atomic E-state index is 6.04. The van der Waals surface area contributed by atoms with Crippen LogP contribution in [-0.4, -0.2) is 63.4 Å². The van der Waals surface area contributed by atoms with E-state index in [-0.39, 0.29) is 24.8 Å². The molecule has 5 nitrogen and oxygen atoms in total. The summed E-state index contributed by atoms with van der Waals surface area (Å²) in [6, 6.07) is 17.0. The predicted molar refractivity (Wildman–Crippen MR) is 129 cm³/mol. The van der Waals surface area contributed by atoms with E-state index in [4.69, 9.17) is 14.2 Å². The third kappa shape index (κ3) is 5.78. The smallest absolute Gasteiger partial charge is 0.161 e. The molecule has 0 saturated carbocycles. The summed E-state index contributed by atoms with van der Waals surface area (Å²) in [6.07, 6.45) is 0. The van der Waals surface area contributed by atoms with Crippen molar-refractivity contribution >= 4 is 24.8 Å². The first-order valence-corrected chi connectivity index (χ1v) is 10.6. The van der Waals surface area contributed by atoms with Crippen LogP contribution in [0.5, 0.6) is 17.2 Å². The maximum absolute atomic E-state index is 6.04. The molecule has 0 bridgehead atoms. The highest BCUT2D eigenvalue weighted by atomic mass is 35.5. The third-order valence-electron chi connectivity index (χ3n) is 6.24. The second kappa shape index (κ2) is 11.8. The normalized spacial score (nSPS) is 22.9. The molecule has 31 heavy (non-hydrogen) atoms. The minimum atomic E-state index is 0. The second-order valence-electron chi connectivity index (χ2n) is 8.07. The van der Waals surface area contributed by atoms with E-state index in [2.05, 4.69) is 41.1 Å². The zero-order valence-corrected chi connectivity index (χ0v) is 20.2. The predicted octanol–water partition coefficient (Wildman–Crippen LogP) is 4.55. The molecule has 7 heteroatoms. The molecule has 2 saturated heterocycles. The molecule has 2 heterocycles. The quantitative estimate of drug-likeness (QED) is 0.567. The molecule has 3 atom stereocenters. The summed E-state index contributed by atoms with van der Waals surface area (Å²) in [6.45, 7) is 7.72. The van der Waals surface area contributed by atoms with Gasteiger partial charge >= 0.3 is 0 Å². The van der Waals surface area contributed by atoms with Crippen molar-refractivity contribution in [3.63, 3.8) is 0 Å². The highest BCUT2D eigenvalue weighted by molar-refractivity contribution is 5.85. The van der Waals surface area contributed by atoms with Crippen molar-refractivity contribution in [3.05, 3.63) is 54.1 Å². The van der Waals surface area contributed by atoms with Crippen LogP contribution in [0.4, 0.5) is 0 Å². The summed E-state index contributed by atoms with van der Waals surface area (Å²) in [5.41, 5.74) is 1.39. The van der Waals surface area contributed by atoms with Crippen LogP contribution in [0, 0.1) is 11.8 Å². The molecule has 4 rings (SSSR count). The number of nitrogens with zero attached hydrogens (tertiary/aromatic N) is 2. The average Bonchev–Trinajstić information content (AvgIpc) is 3.25. The summed E-state index contributed by atoms with van der Waals surface area (Å²) in [7, 11) is 3.97. The average molecular weight is 469 g/mol. The minimum Gasteiger partial charge on any atom is -0.497 e. The minimum absolute atomic E-state index is 0. The van der Waals surface area contributed by atoms with Gasteiger partial charge in [-0.2, -0.15) is 0 Å². The standard InChI is InChI=1S/C24H32N2O3.2ClH/c1-4-28-22-7-5-6-8-23(22)29-14-13-26-16-19-15-25(2)24(21(19)17-26)18-9-11-20(27-3)12-10-18;;/h5-12,19,21,24H,4,13-17H2,1-3H3;2*1H/t19-,21+,24-;;/m0../s1. The number of likely N-dealkylation sites (tertiary alicyclic amines) is 2. The summed E-state index contributed by atoms with van der Waals surface area (Å²) in [4.78, 5) is 5.07. The lowest BCUT2D eigenvalue weighted by Crippen LogP contribution is -2.31. The fraction of sp³-hybridized carbons (Fsp3) is 0.500. The Hall–Kier alpha value is -1.66. The van der Waals surface area contributed by atoms with E-state index >= 15 is 0 Å². The number of para-hydroxylation sites is 2. The summed E-state index contributed by atoms with van der Waals surface area (Å²) in [5.74, 6) is 3.98. The molecular formula is C24H34Cl2N2O3. The van der Waals surface area contributed by atoms with Gasteiger partial charge in [-0.15, -0.1) is 24.8 Å². The Morgan fingerprint density at radius 2 is 1.58 bits per heavy atom. The van der Waals surface area contributed by atoms with Crippen LogP contribution in [0.1, 0.15) is 18.5 Å². The van der Waals surface area contributed by atoms with Crippen molar-refractivity contribution in [3.8, 4) is 17.2 Å². The van der Waals surface area contributed by atoms with Crippen molar-refractivity contribution in [1.29, 1.82) is 0 Å². The monoisotopic (exact) mass is 468 g/mol. The SMILES string of the molecule is CCOc1ccccc1OCCN1C[C@@H]2CN(C)[C@@H](c3ccc(OC)cc3)[C@@H]2C1.Cl.Cl. The largest absolute Gasteiger partial charge is 0.497 e. The van der Waals surface area contributed by atoms with E-state index in [1.165, 1.54) is 5.56 Å². The number of methoxy groups -OCH3 is 1. The first kappa shape index (κ1) is 25.6. The number of hydrogen-bond acceptors (Lipinski definition) is 5. The number of halogens is 2. The molecule has 0 radical (unpaired) electrons. The lowest BCUT2D eigenvalue weighted by molar-refractivity contribution is 0.194. The Labute approximate surface area is 198 Å². The molecule has 2 aromatic carbocycles. The second-order valence-corrected chi connectivity index (χ2v) is 8.07. The first-order valence-electron chi connectivity index (χ1n) is 10.6. The maximum Gasteiger partial charge on any atom is 0.161 e. The van der Waals surface area contributed by atoms with Crippen molar-refractivity contribution in [2.75, 3.05) is 53.6 Å². The topological polar surface area (TPSA) is 34.2 Å². The van der Waals surface area contributed by atoms with Crippen LogP contribution in [-0.2, 0) is 0 Å². The van der Waals surface area contributed by atoms with Crippen LogP contribution < -0.4 is 14.2 Å². The number of benzene rings is 2. The number of fused-ring (bicyclic) bond motifs is 1. The van der Waals surface area contributed by atoms with E-state index in [9.17, 15) is 0 Å². The van der Waals surface area contributed by atoms with Gasteiger partial charge < -0.3 is 14.2 Å². The van der Waals surface area contributed by atoms with Crippen molar-refractivity contribution < 1.29 is 14.2 Å². The molecule has 2 aromatic rings. The molecule has 2 aliphatic heterocycles. The molecule has 0 N–H and O–H groups in total. The van der Waals surface area contributed by atoms with Gasteiger partial charge in [-0.1, -0.05) is 24.3 Å². The van der Waals surface area contributed by atoms with E-state index in [0.717, 1.165) is 49.3 Å². The van der Waals surface area contributed by atoms with E-state index in [1.807, 2.05) is 31.2 Å². The molecule has 172 valence electrons. The van der Waals surface area contributed by atoms with Crippen molar-refractivity contribution in [2.45, 2.75) is 13.0 Å². The van der Waals surface area contributed by atoms with Gasteiger partial charge in [-0.3, -0.25) is 9.80 Å². The van der Waals surface area contributed by atoms with Gasteiger partial charge in [0.15, 0.2) is 11.5 Å². The summed E-state index contributed by atoms with van der Waals surface area (Å²) < 4.78 is 17.0. The molecule has 2 fully saturated rings. The molecule has 2 aliphatic rings. The lowest BCUT2D eigenvalue weighted by Gasteiger charge is -2.27. The zero-order chi connectivity index (χ0) is 20.2.